The molecule has 1 aliphatic heterocycles. The Balaban J connectivity index is 2.15. The second kappa shape index (κ2) is 6.25. The smallest absolute Gasteiger partial charge is 0.253 e. The van der Waals surface area contributed by atoms with Crippen molar-refractivity contribution in [1.82, 2.24) is 4.90 Å². The number of piperidine rings is 1. The predicted molar refractivity (Wildman–Crippen MR) is 81.4 cm³/mol. The zero-order chi connectivity index (χ0) is 14.0. The van der Waals surface area contributed by atoms with E-state index in [1.165, 1.54) is 0 Å². The maximum absolute atomic E-state index is 12.5. The molecule has 1 aliphatic rings. The highest BCUT2D eigenvalue weighted by atomic mass is 79.9. The van der Waals surface area contributed by atoms with Crippen molar-refractivity contribution in [2.24, 2.45) is 17.6 Å². The first-order valence-corrected chi connectivity index (χ1v) is 7.63. The minimum atomic E-state index is 0.0357. The van der Waals surface area contributed by atoms with Gasteiger partial charge in [0.2, 0.25) is 0 Å². The molecular formula is C14H18BrClN2O. The van der Waals surface area contributed by atoms with E-state index in [1.54, 1.807) is 12.1 Å². The van der Waals surface area contributed by atoms with Gasteiger partial charge in [-0.15, -0.1) is 0 Å². The second-order valence-electron chi connectivity index (χ2n) is 5.17. The van der Waals surface area contributed by atoms with Gasteiger partial charge in [0.1, 0.15) is 0 Å². The largest absolute Gasteiger partial charge is 0.338 e. The van der Waals surface area contributed by atoms with Gasteiger partial charge in [0.15, 0.2) is 0 Å². The Kier molecular flexibility index (Phi) is 4.87. The van der Waals surface area contributed by atoms with Gasteiger partial charge in [-0.3, -0.25) is 4.79 Å². The molecule has 3 nitrogen and oxygen atoms in total. The molecular weight excluding hydrogens is 328 g/mol. The maximum Gasteiger partial charge on any atom is 0.253 e. The van der Waals surface area contributed by atoms with E-state index in [0.717, 1.165) is 24.0 Å². The highest BCUT2D eigenvalue weighted by molar-refractivity contribution is 9.10. The molecule has 19 heavy (non-hydrogen) atoms. The van der Waals surface area contributed by atoms with Gasteiger partial charge >= 0.3 is 0 Å². The number of benzene rings is 1. The van der Waals surface area contributed by atoms with Crippen molar-refractivity contribution in [1.29, 1.82) is 0 Å². The van der Waals surface area contributed by atoms with Crippen molar-refractivity contribution < 1.29 is 4.79 Å². The highest BCUT2D eigenvalue weighted by Gasteiger charge is 2.28. The Hall–Kier alpha value is -0.580. The molecule has 2 unspecified atom stereocenters. The Morgan fingerprint density at radius 1 is 1.53 bits per heavy atom. The van der Waals surface area contributed by atoms with Gasteiger partial charge in [-0.2, -0.15) is 0 Å². The van der Waals surface area contributed by atoms with Gasteiger partial charge in [0.25, 0.3) is 5.91 Å². The summed E-state index contributed by atoms with van der Waals surface area (Å²) in [6.07, 6.45) is 1.01. The number of amides is 1. The Bertz CT molecular complexity index is 460. The van der Waals surface area contributed by atoms with Crippen molar-refractivity contribution in [3.05, 3.63) is 33.3 Å². The van der Waals surface area contributed by atoms with Crippen LogP contribution in [-0.2, 0) is 0 Å². The first-order valence-electron chi connectivity index (χ1n) is 6.46. The molecule has 5 heteroatoms. The molecule has 2 rings (SSSR count). The van der Waals surface area contributed by atoms with E-state index in [1.807, 2.05) is 11.0 Å². The number of halogens is 2. The quantitative estimate of drug-likeness (QED) is 0.895. The van der Waals surface area contributed by atoms with Crippen LogP contribution in [0.5, 0.6) is 0 Å². The summed E-state index contributed by atoms with van der Waals surface area (Å²) in [6.45, 7) is 4.36. The molecule has 1 heterocycles. The van der Waals surface area contributed by atoms with Crippen LogP contribution in [0, 0.1) is 11.8 Å². The van der Waals surface area contributed by atoms with Crippen LogP contribution in [0.25, 0.3) is 0 Å². The number of likely N-dealkylation sites (tertiary alicyclic amines) is 1. The third kappa shape index (κ3) is 3.50. The van der Waals surface area contributed by atoms with Crippen molar-refractivity contribution in [3.63, 3.8) is 0 Å². The molecule has 0 aromatic heterocycles. The minimum absolute atomic E-state index is 0.0357. The van der Waals surface area contributed by atoms with Crippen molar-refractivity contribution in [2.75, 3.05) is 19.6 Å². The van der Waals surface area contributed by atoms with E-state index in [-0.39, 0.29) is 5.91 Å². The van der Waals surface area contributed by atoms with E-state index < -0.39 is 0 Å². The Morgan fingerprint density at radius 2 is 2.26 bits per heavy atom. The molecule has 1 amide bonds. The van der Waals surface area contributed by atoms with Crippen LogP contribution in [0.15, 0.2) is 22.7 Å². The number of hydrogen-bond acceptors (Lipinski definition) is 2. The summed E-state index contributed by atoms with van der Waals surface area (Å²) in [4.78, 5) is 14.4. The molecule has 0 saturated carbocycles. The molecule has 104 valence electrons. The molecule has 1 aromatic carbocycles. The predicted octanol–water partition coefficient (Wildman–Crippen LogP) is 3.16. The number of rotatable bonds is 2. The number of carbonyl (C=O) groups excluding carboxylic acids is 1. The van der Waals surface area contributed by atoms with Crippen molar-refractivity contribution >= 4 is 33.4 Å². The SMILES string of the molecule is CC1CCN(C(=O)c2cc(Cl)cc(Br)c2)CC1CN. The van der Waals surface area contributed by atoms with Crippen molar-refractivity contribution in [2.45, 2.75) is 13.3 Å². The molecule has 0 radical (unpaired) electrons. The number of nitrogens with zero attached hydrogens (tertiary/aromatic N) is 1. The lowest BCUT2D eigenvalue weighted by atomic mass is 9.87. The van der Waals surface area contributed by atoms with Crippen LogP contribution in [0.4, 0.5) is 0 Å². The van der Waals surface area contributed by atoms with Gasteiger partial charge in [0.05, 0.1) is 0 Å². The molecule has 0 aliphatic carbocycles. The van der Waals surface area contributed by atoms with Crippen LogP contribution >= 0.6 is 27.5 Å². The average molecular weight is 346 g/mol. The average Bonchev–Trinajstić information content (AvgIpc) is 2.37. The summed E-state index contributed by atoms with van der Waals surface area (Å²) in [7, 11) is 0. The van der Waals surface area contributed by atoms with E-state index in [4.69, 9.17) is 17.3 Å². The van der Waals surface area contributed by atoms with E-state index in [0.29, 0.717) is 29.0 Å². The number of carbonyl (C=O) groups is 1. The third-order valence-corrected chi connectivity index (χ3v) is 4.49. The Labute approximate surface area is 127 Å². The number of hydrogen-bond donors (Lipinski definition) is 1. The molecule has 1 saturated heterocycles. The zero-order valence-electron chi connectivity index (χ0n) is 10.9. The summed E-state index contributed by atoms with van der Waals surface area (Å²) in [5.41, 5.74) is 6.41. The maximum atomic E-state index is 12.5. The standard InChI is InChI=1S/C14H18BrClN2O/c1-9-2-3-18(8-11(9)7-17)14(19)10-4-12(15)6-13(16)5-10/h4-6,9,11H,2-3,7-8,17H2,1H3. The molecule has 2 atom stereocenters. The normalized spacial score (nSPS) is 23.5. The van der Waals surface area contributed by atoms with Crippen LogP contribution in [0.1, 0.15) is 23.7 Å². The number of nitrogens with two attached hydrogens (primary N) is 1. The van der Waals surface area contributed by atoms with E-state index in [9.17, 15) is 4.79 Å². The van der Waals surface area contributed by atoms with Gasteiger partial charge in [-0.25, -0.2) is 0 Å². The topological polar surface area (TPSA) is 46.3 Å². The van der Waals surface area contributed by atoms with E-state index in [2.05, 4.69) is 22.9 Å². The lowest BCUT2D eigenvalue weighted by Gasteiger charge is -2.36. The lowest BCUT2D eigenvalue weighted by Crippen LogP contribution is -2.45. The third-order valence-electron chi connectivity index (χ3n) is 3.81. The first kappa shape index (κ1) is 14.8. The molecule has 0 bridgehead atoms. The van der Waals surface area contributed by atoms with Gasteiger partial charge in [0, 0.05) is 28.1 Å². The summed E-state index contributed by atoms with van der Waals surface area (Å²) < 4.78 is 0.823. The fourth-order valence-electron chi connectivity index (χ4n) is 2.50. The lowest BCUT2D eigenvalue weighted by molar-refractivity contribution is 0.0618. The van der Waals surface area contributed by atoms with E-state index >= 15 is 0 Å². The van der Waals surface area contributed by atoms with Crippen LogP contribution in [-0.4, -0.2) is 30.4 Å². The van der Waals surface area contributed by atoms with Crippen LogP contribution in [0.2, 0.25) is 5.02 Å². The minimum Gasteiger partial charge on any atom is -0.338 e. The molecule has 0 spiro atoms. The summed E-state index contributed by atoms with van der Waals surface area (Å²) >= 11 is 9.36. The van der Waals surface area contributed by atoms with Gasteiger partial charge < -0.3 is 10.6 Å². The summed E-state index contributed by atoms with van der Waals surface area (Å²) in [5, 5.41) is 0.568. The highest BCUT2D eigenvalue weighted by Crippen LogP contribution is 2.25. The second-order valence-corrected chi connectivity index (χ2v) is 6.52. The van der Waals surface area contributed by atoms with Gasteiger partial charge in [-0.1, -0.05) is 34.5 Å². The Morgan fingerprint density at radius 3 is 2.89 bits per heavy atom. The monoisotopic (exact) mass is 344 g/mol. The molecule has 2 N–H and O–H groups in total. The fraction of sp³-hybridized carbons (Fsp3) is 0.500. The first-order chi connectivity index (χ1) is 9.01. The fourth-order valence-corrected chi connectivity index (χ4v) is 3.36. The van der Waals surface area contributed by atoms with Gasteiger partial charge in [-0.05, 0) is 43.0 Å². The summed E-state index contributed by atoms with van der Waals surface area (Å²) in [6, 6.07) is 5.30. The van der Waals surface area contributed by atoms with Crippen molar-refractivity contribution in [3.8, 4) is 0 Å². The zero-order valence-corrected chi connectivity index (χ0v) is 13.2. The summed E-state index contributed by atoms with van der Waals surface area (Å²) in [5.74, 6) is 1.01. The van der Waals surface area contributed by atoms with Crippen LogP contribution in [0.3, 0.4) is 0 Å². The van der Waals surface area contributed by atoms with Crippen LogP contribution < -0.4 is 5.73 Å². The molecule has 1 aromatic rings. The molecule has 1 fully saturated rings.